The van der Waals surface area contributed by atoms with Crippen LogP contribution in [0.25, 0.3) is 0 Å². The van der Waals surface area contributed by atoms with Gasteiger partial charge in [0.2, 0.25) is 0 Å². The summed E-state index contributed by atoms with van der Waals surface area (Å²) in [5.41, 5.74) is 2.46. The van der Waals surface area contributed by atoms with E-state index in [1.165, 1.54) is 0 Å². The molecule has 4 nitrogen and oxygen atoms in total. The van der Waals surface area contributed by atoms with Crippen LogP contribution >= 0.6 is 0 Å². The minimum absolute atomic E-state index is 0.392. The molecule has 0 fully saturated rings. The van der Waals surface area contributed by atoms with Crippen molar-refractivity contribution in [1.82, 2.24) is 4.98 Å². The maximum Gasteiger partial charge on any atom is 0.311 e. The molecule has 20 heavy (non-hydrogen) atoms. The van der Waals surface area contributed by atoms with Gasteiger partial charge in [0.1, 0.15) is 5.75 Å². The summed E-state index contributed by atoms with van der Waals surface area (Å²) < 4.78 is 5.28. The van der Waals surface area contributed by atoms with Gasteiger partial charge in [0.05, 0.1) is 13.0 Å². The van der Waals surface area contributed by atoms with Crippen molar-refractivity contribution in [2.75, 3.05) is 7.11 Å². The molecule has 0 aliphatic carbocycles. The van der Waals surface area contributed by atoms with Gasteiger partial charge >= 0.3 is 5.97 Å². The van der Waals surface area contributed by atoms with Crippen LogP contribution in [-0.4, -0.2) is 23.2 Å². The van der Waals surface area contributed by atoms with Crippen molar-refractivity contribution in [3.63, 3.8) is 0 Å². The number of carboxylic acids is 1. The Balaban J connectivity index is 2.33. The Hall–Kier alpha value is -2.36. The number of nitrogens with zero attached hydrogens (tertiary/aromatic N) is 1. The van der Waals surface area contributed by atoms with Gasteiger partial charge in [-0.2, -0.15) is 0 Å². The Bertz CT molecular complexity index is 610. The number of carboxylic acid groups (broad SMARTS) is 1. The highest BCUT2D eigenvalue weighted by molar-refractivity contribution is 5.76. The second-order valence-corrected chi connectivity index (χ2v) is 4.64. The Kier molecular flexibility index (Phi) is 4.35. The Morgan fingerprint density at radius 2 is 2.10 bits per heavy atom. The van der Waals surface area contributed by atoms with E-state index >= 15 is 0 Å². The highest BCUT2D eigenvalue weighted by Gasteiger charge is 2.22. The molecule has 0 spiro atoms. The average molecular weight is 271 g/mol. The van der Waals surface area contributed by atoms with E-state index in [0.717, 1.165) is 16.8 Å². The summed E-state index contributed by atoms with van der Waals surface area (Å²) in [5, 5.41) is 9.48. The summed E-state index contributed by atoms with van der Waals surface area (Å²) in [5.74, 6) is -0.737. The number of benzene rings is 1. The first kappa shape index (κ1) is 14.1. The van der Waals surface area contributed by atoms with Crippen LogP contribution in [0.2, 0.25) is 0 Å². The summed E-state index contributed by atoms with van der Waals surface area (Å²) in [6.45, 7) is 1.85. The fourth-order valence-corrected chi connectivity index (χ4v) is 2.22. The molecule has 1 heterocycles. The van der Waals surface area contributed by atoms with Gasteiger partial charge in [-0.1, -0.05) is 18.2 Å². The van der Waals surface area contributed by atoms with Crippen molar-refractivity contribution in [2.45, 2.75) is 19.3 Å². The number of rotatable bonds is 5. The van der Waals surface area contributed by atoms with Crippen molar-refractivity contribution in [2.24, 2.45) is 0 Å². The molecule has 1 N–H and O–H groups in total. The SMILES string of the molecule is COc1ccccc1CC(C(=O)O)c1ccnc(C)c1. The van der Waals surface area contributed by atoms with Crippen LogP contribution in [0.15, 0.2) is 42.6 Å². The first-order valence-electron chi connectivity index (χ1n) is 6.39. The van der Waals surface area contributed by atoms with Gasteiger partial charge in [-0.15, -0.1) is 0 Å². The Morgan fingerprint density at radius 3 is 2.75 bits per heavy atom. The molecular formula is C16H17NO3. The monoisotopic (exact) mass is 271 g/mol. The molecule has 0 radical (unpaired) electrons. The minimum atomic E-state index is -0.846. The van der Waals surface area contributed by atoms with Crippen LogP contribution in [0.3, 0.4) is 0 Å². The van der Waals surface area contributed by atoms with Crippen LogP contribution in [-0.2, 0) is 11.2 Å². The molecule has 1 aromatic carbocycles. The van der Waals surface area contributed by atoms with E-state index in [4.69, 9.17) is 4.74 Å². The second kappa shape index (κ2) is 6.19. The molecule has 2 rings (SSSR count). The number of aromatic nitrogens is 1. The normalized spacial score (nSPS) is 11.9. The summed E-state index contributed by atoms with van der Waals surface area (Å²) in [6.07, 6.45) is 2.03. The lowest BCUT2D eigenvalue weighted by Gasteiger charge is -2.15. The van der Waals surface area contributed by atoms with Crippen molar-refractivity contribution in [3.8, 4) is 5.75 Å². The quantitative estimate of drug-likeness (QED) is 0.908. The molecule has 1 aromatic heterocycles. The van der Waals surface area contributed by atoms with E-state index in [2.05, 4.69) is 4.98 Å². The maximum absolute atomic E-state index is 11.6. The largest absolute Gasteiger partial charge is 0.496 e. The number of aliphatic carboxylic acids is 1. The summed E-state index contributed by atoms with van der Waals surface area (Å²) in [4.78, 5) is 15.7. The zero-order valence-corrected chi connectivity index (χ0v) is 11.5. The zero-order valence-electron chi connectivity index (χ0n) is 11.5. The lowest BCUT2D eigenvalue weighted by Crippen LogP contribution is -2.15. The highest BCUT2D eigenvalue weighted by atomic mass is 16.5. The molecule has 4 heteroatoms. The molecule has 0 aliphatic rings. The molecule has 0 bridgehead atoms. The Labute approximate surface area is 118 Å². The van der Waals surface area contributed by atoms with Gasteiger partial charge in [0.15, 0.2) is 0 Å². The van der Waals surface area contributed by atoms with Crippen LogP contribution < -0.4 is 4.74 Å². The summed E-state index contributed by atoms with van der Waals surface area (Å²) in [7, 11) is 1.59. The van der Waals surface area contributed by atoms with Crippen LogP contribution in [0.1, 0.15) is 22.7 Å². The maximum atomic E-state index is 11.6. The molecule has 104 valence electrons. The number of ether oxygens (including phenoxy) is 1. The summed E-state index contributed by atoms with van der Waals surface area (Å²) >= 11 is 0. The van der Waals surface area contributed by atoms with E-state index in [9.17, 15) is 9.90 Å². The number of hydrogen-bond donors (Lipinski definition) is 1. The van der Waals surface area contributed by atoms with Crippen LogP contribution in [0.5, 0.6) is 5.75 Å². The fourth-order valence-electron chi connectivity index (χ4n) is 2.22. The number of methoxy groups -OCH3 is 1. The third-order valence-corrected chi connectivity index (χ3v) is 3.24. The van der Waals surface area contributed by atoms with Crippen molar-refractivity contribution in [3.05, 3.63) is 59.4 Å². The smallest absolute Gasteiger partial charge is 0.311 e. The highest BCUT2D eigenvalue weighted by Crippen LogP contribution is 2.26. The fraction of sp³-hybridized carbons (Fsp3) is 0.250. The predicted octanol–water partition coefficient (Wildman–Crippen LogP) is 2.81. The van der Waals surface area contributed by atoms with Gasteiger partial charge in [0, 0.05) is 11.9 Å². The van der Waals surface area contributed by atoms with Crippen LogP contribution in [0, 0.1) is 6.92 Å². The van der Waals surface area contributed by atoms with Crippen molar-refractivity contribution >= 4 is 5.97 Å². The second-order valence-electron chi connectivity index (χ2n) is 4.64. The third-order valence-electron chi connectivity index (χ3n) is 3.24. The molecule has 0 aliphatic heterocycles. The van der Waals surface area contributed by atoms with Crippen molar-refractivity contribution in [1.29, 1.82) is 0 Å². The van der Waals surface area contributed by atoms with E-state index < -0.39 is 11.9 Å². The first-order chi connectivity index (χ1) is 9.61. The summed E-state index contributed by atoms with van der Waals surface area (Å²) in [6, 6.07) is 11.0. The van der Waals surface area contributed by atoms with Gasteiger partial charge in [-0.3, -0.25) is 9.78 Å². The lowest BCUT2D eigenvalue weighted by molar-refractivity contribution is -0.138. The molecule has 1 atom stereocenters. The van der Waals surface area contributed by atoms with E-state index in [1.54, 1.807) is 19.4 Å². The van der Waals surface area contributed by atoms with E-state index in [-0.39, 0.29) is 0 Å². The topological polar surface area (TPSA) is 59.4 Å². The number of aryl methyl sites for hydroxylation is 1. The molecule has 2 aromatic rings. The van der Waals surface area contributed by atoms with Gasteiger partial charge in [-0.25, -0.2) is 0 Å². The number of para-hydroxylation sites is 1. The molecule has 0 saturated heterocycles. The standard InChI is InChI=1S/C16H17NO3/c1-11-9-12(7-8-17-11)14(16(18)19)10-13-5-3-4-6-15(13)20-2/h3-9,14H,10H2,1-2H3,(H,18,19). The average Bonchev–Trinajstić information content (AvgIpc) is 2.44. The number of carbonyl (C=O) groups is 1. The molecule has 0 amide bonds. The zero-order chi connectivity index (χ0) is 14.5. The number of hydrogen-bond acceptors (Lipinski definition) is 3. The van der Waals surface area contributed by atoms with Gasteiger partial charge < -0.3 is 9.84 Å². The van der Waals surface area contributed by atoms with E-state index in [0.29, 0.717) is 12.2 Å². The molecule has 0 saturated carbocycles. The Morgan fingerprint density at radius 1 is 1.35 bits per heavy atom. The minimum Gasteiger partial charge on any atom is -0.496 e. The predicted molar refractivity (Wildman–Crippen MR) is 76.0 cm³/mol. The van der Waals surface area contributed by atoms with Gasteiger partial charge in [0.25, 0.3) is 0 Å². The number of pyridine rings is 1. The molecular weight excluding hydrogens is 254 g/mol. The van der Waals surface area contributed by atoms with Crippen LogP contribution in [0.4, 0.5) is 0 Å². The molecule has 1 unspecified atom stereocenters. The van der Waals surface area contributed by atoms with Crippen molar-refractivity contribution < 1.29 is 14.6 Å². The lowest BCUT2D eigenvalue weighted by atomic mass is 9.92. The first-order valence-corrected chi connectivity index (χ1v) is 6.39. The van der Waals surface area contributed by atoms with Gasteiger partial charge in [-0.05, 0) is 42.7 Å². The third kappa shape index (κ3) is 3.15. The van der Waals surface area contributed by atoms with E-state index in [1.807, 2.05) is 37.3 Å².